The maximum absolute atomic E-state index is 14.2. The number of quaternary nitrogens is 1. The molecule has 1 aliphatic heterocycles. The average Bonchev–Trinajstić information content (AvgIpc) is 3.17. The zero-order valence-corrected chi connectivity index (χ0v) is 16.3. The molecule has 0 spiro atoms. The minimum absolute atomic E-state index is 0.222. The van der Waals surface area contributed by atoms with E-state index in [0.717, 1.165) is 57.6 Å². The molecule has 0 amide bonds. The molecule has 0 saturated heterocycles. The van der Waals surface area contributed by atoms with Gasteiger partial charge in [-0.15, -0.1) is 0 Å². The van der Waals surface area contributed by atoms with Crippen molar-refractivity contribution in [3.05, 3.63) is 73.3 Å². The molecule has 0 bridgehead atoms. The van der Waals surface area contributed by atoms with Crippen LogP contribution in [-0.4, -0.2) is 6.73 Å². The van der Waals surface area contributed by atoms with Gasteiger partial charge < -0.3 is 9.15 Å². The molecule has 6 heteroatoms. The highest BCUT2D eigenvalue weighted by Gasteiger charge is 2.28. The molecular weight excluding hydrogens is 381 g/mol. The van der Waals surface area contributed by atoms with Crippen LogP contribution in [0.15, 0.2) is 33.5 Å². The second kappa shape index (κ2) is 6.61. The van der Waals surface area contributed by atoms with Crippen LogP contribution in [0.2, 0.25) is 5.02 Å². The molecule has 0 radical (unpaired) electrons. The van der Waals surface area contributed by atoms with Crippen molar-refractivity contribution in [3.63, 3.8) is 0 Å². The number of halogens is 2. The lowest BCUT2D eigenvalue weighted by molar-refractivity contribution is -0.945. The normalized spacial score (nSPS) is 18.0. The molecule has 4 nitrogen and oxygen atoms in total. The van der Waals surface area contributed by atoms with Gasteiger partial charge in [-0.05, 0) is 49.9 Å². The number of benzene rings is 2. The van der Waals surface area contributed by atoms with Crippen molar-refractivity contribution in [1.82, 2.24) is 0 Å². The van der Waals surface area contributed by atoms with E-state index in [1.165, 1.54) is 6.07 Å². The molecule has 3 aromatic rings. The van der Waals surface area contributed by atoms with Crippen molar-refractivity contribution in [3.8, 4) is 5.75 Å². The predicted molar refractivity (Wildman–Crippen MR) is 105 cm³/mol. The summed E-state index contributed by atoms with van der Waals surface area (Å²) in [6.07, 6.45) is 2.66. The number of ether oxygens (including phenoxy) is 1. The highest BCUT2D eigenvalue weighted by atomic mass is 35.5. The van der Waals surface area contributed by atoms with Crippen LogP contribution in [-0.2, 0) is 25.9 Å². The maximum atomic E-state index is 14.2. The van der Waals surface area contributed by atoms with Crippen LogP contribution in [0.3, 0.4) is 0 Å². The van der Waals surface area contributed by atoms with Gasteiger partial charge in [0, 0.05) is 22.1 Å². The highest BCUT2D eigenvalue weighted by molar-refractivity contribution is 6.31. The van der Waals surface area contributed by atoms with Gasteiger partial charge >= 0.3 is 5.63 Å². The van der Waals surface area contributed by atoms with Gasteiger partial charge in [-0.2, -0.15) is 0 Å². The number of aryl methyl sites for hydroxylation is 2. The van der Waals surface area contributed by atoms with E-state index >= 15 is 0 Å². The van der Waals surface area contributed by atoms with E-state index in [-0.39, 0.29) is 11.4 Å². The zero-order valence-electron chi connectivity index (χ0n) is 15.5. The Morgan fingerprint density at radius 2 is 2.07 bits per heavy atom. The third kappa shape index (κ3) is 2.73. The van der Waals surface area contributed by atoms with Crippen LogP contribution in [0.4, 0.5) is 4.39 Å². The van der Waals surface area contributed by atoms with Crippen molar-refractivity contribution in [2.24, 2.45) is 0 Å². The lowest BCUT2D eigenvalue weighted by Gasteiger charge is -2.28. The summed E-state index contributed by atoms with van der Waals surface area (Å²) in [6, 6.07) is 6.85. The first-order valence-electron chi connectivity index (χ1n) is 9.53. The van der Waals surface area contributed by atoms with E-state index in [1.54, 1.807) is 12.1 Å². The Kier molecular flexibility index (Phi) is 4.18. The Labute approximate surface area is 166 Å². The van der Waals surface area contributed by atoms with Crippen molar-refractivity contribution >= 4 is 22.6 Å². The second-order valence-electron chi connectivity index (χ2n) is 7.66. The van der Waals surface area contributed by atoms with Crippen molar-refractivity contribution in [2.45, 2.75) is 39.3 Å². The molecule has 1 unspecified atom stereocenters. The predicted octanol–water partition coefficient (Wildman–Crippen LogP) is 3.32. The van der Waals surface area contributed by atoms with Gasteiger partial charge in [0.1, 0.15) is 30.2 Å². The van der Waals surface area contributed by atoms with Crippen molar-refractivity contribution < 1.29 is 18.4 Å². The Hall–Kier alpha value is -2.37. The summed E-state index contributed by atoms with van der Waals surface area (Å²) in [7, 11) is 0. The molecule has 2 aromatic carbocycles. The first-order chi connectivity index (χ1) is 13.5. The monoisotopic (exact) mass is 400 g/mol. The standard InChI is InChI=1S/C22H19ClFNO3/c1-12-20-13(8-16-14-4-2-5-15(14)22(26)28-21(12)16)9-25(11-27-20)10-17-18(23)6-3-7-19(17)24/h3,6-8H,2,4-5,9-11H2,1H3/p+1. The molecule has 1 N–H and O–H groups in total. The molecule has 1 aliphatic carbocycles. The summed E-state index contributed by atoms with van der Waals surface area (Å²) < 4.78 is 25.8. The average molecular weight is 401 g/mol. The summed E-state index contributed by atoms with van der Waals surface area (Å²) in [5, 5.41) is 1.45. The van der Waals surface area contributed by atoms with Gasteiger partial charge in [-0.25, -0.2) is 9.18 Å². The highest BCUT2D eigenvalue weighted by Crippen LogP contribution is 2.36. The minimum Gasteiger partial charge on any atom is -0.444 e. The Bertz CT molecular complexity index is 1150. The van der Waals surface area contributed by atoms with E-state index in [0.29, 0.717) is 36.0 Å². The molecule has 144 valence electrons. The van der Waals surface area contributed by atoms with Gasteiger partial charge in [0.2, 0.25) is 6.73 Å². The number of hydrogen-bond donors (Lipinski definition) is 1. The molecule has 0 saturated carbocycles. The third-order valence-corrected chi connectivity index (χ3v) is 6.22. The van der Waals surface area contributed by atoms with Gasteiger partial charge in [-0.1, -0.05) is 17.7 Å². The molecule has 28 heavy (non-hydrogen) atoms. The largest absolute Gasteiger partial charge is 0.444 e. The molecule has 2 heterocycles. The van der Waals surface area contributed by atoms with Crippen LogP contribution in [0.25, 0.3) is 11.0 Å². The summed E-state index contributed by atoms with van der Waals surface area (Å²) in [5.74, 6) is 0.483. The number of fused-ring (bicyclic) bond motifs is 4. The fraction of sp³-hybridized carbons (Fsp3) is 0.318. The first-order valence-corrected chi connectivity index (χ1v) is 9.91. The van der Waals surface area contributed by atoms with E-state index in [2.05, 4.69) is 6.07 Å². The number of rotatable bonds is 2. The number of nitrogens with one attached hydrogen (secondary N) is 1. The van der Waals surface area contributed by atoms with Crippen LogP contribution in [0.1, 0.15) is 34.2 Å². The Morgan fingerprint density at radius 3 is 2.89 bits per heavy atom. The lowest BCUT2D eigenvalue weighted by Crippen LogP contribution is -3.11. The first kappa shape index (κ1) is 17.7. The van der Waals surface area contributed by atoms with Gasteiger partial charge in [0.05, 0.1) is 10.6 Å². The second-order valence-corrected chi connectivity index (χ2v) is 8.07. The minimum atomic E-state index is -0.292. The van der Waals surface area contributed by atoms with Gasteiger partial charge in [0.15, 0.2) is 0 Å². The fourth-order valence-electron chi connectivity index (χ4n) is 4.52. The molecule has 5 rings (SSSR count). The quantitative estimate of drug-likeness (QED) is 0.671. The number of hydrogen-bond acceptors (Lipinski definition) is 3. The van der Waals surface area contributed by atoms with Crippen LogP contribution < -0.4 is 15.3 Å². The van der Waals surface area contributed by atoms with Gasteiger partial charge in [0.25, 0.3) is 0 Å². The smallest absolute Gasteiger partial charge is 0.339 e. The summed E-state index contributed by atoms with van der Waals surface area (Å²) in [6.45, 7) is 3.48. The van der Waals surface area contributed by atoms with Crippen LogP contribution in [0, 0.1) is 12.7 Å². The fourth-order valence-corrected chi connectivity index (χ4v) is 4.75. The topological polar surface area (TPSA) is 43.9 Å². The van der Waals surface area contributed by atoms with Crippen LogP contribution in [0.5, 0.6) is 5.75 Å². The molecule has 1 aromatic heterocycles. The molecular formula is C22H20ClFNO3+. The van der Waals surface area contributed by atoms with Crippen molar-refractivity contribution in [1.29, 1.82) is 0 Å². The Morgan fingerprint density at radius 1 is 1.25 bits per heavy atom. The maximum Gasteiger partial charge on any atom is 0.339 e. The molecule has 0 fully saturated rings. The van der Waals surface area contributed by atoms with E-state index in [4.69, 9.17) is 20.8 Å². The Balaban J connectivity index is 1.56. The van der Waals surface area contributed by atoms with E-state index in [9.17, 15) is 9.18 Å². The van der Waals surface area contributed by atoms with E-state index in [1.807, 2.05) is 6.92 Å². The molecule has 1 atom stereocenters. The van der Waals surface area contributed by atoms with Crippen molar-refractivity contribution in [2.75, 3.05) is 6.73 Å². The molecule has 2 aliphatic rings. The summed E-state index contributed by atoms with van der Waals surface area (Å²) in [5.41, 5.74) is 4.76. The lowest BCUT2D eigenvalue weighted by atomic mass is 9.99. The summed E-state index contributed by atoms with van der Waals surface area (Å²) >= 11 is 6.19. The van der Waals surface area contributed by atoms with Crippen LogP contribution >= 0.6 is 11.6 Å². The SMILES string of the molecule is Cc1c2c(cc3c4c(c(=O)oc13)CCC4)C[NH+](Cc1c(F)cccc1Cl)CO2. The summed E-state index contributed by atoms with van der Waals surface area (Å²) in [4.78, 5) is 13.4. The van der Waals surface area contributed by atoms with E-state index < -0.39 is 0 Å². The van der Waals surface area contributed by atoms with Gasteiger partial charge in [-0.3, -0.25) is 4.90 Å². The third-order valence-electron chi connectivity index (χ3n) is 5.87. The zero-order chi connectivity index (χ0) is 19.4.